The second-order valence-corrected chi connectivity index (χ2v) is 10.1. The number of nitrogens with one attached hydrogen (secondary N) is 1. The van der Waals surface area contributed by atoms with E-state index in [0.29, 0.717) is 22.2 Å². The third-order valence-corrected chi connectivity index (χ3v) is 7.34. The summed E-state index contributed by atoms with van der Waals surface area (Å²) >= 11 is 1.12. The largest absolute Gasteiger partial charge is 0.497 e. The standard InChI is InChI=1S/C29H28N4O8S/c1-4-41-28(36)19-7-9-20(10-8-19)30-29-32(17-18-5-11-21(39-2)12-6-18)27(35)25(42-29)16-26(34)31-23-14-13-22(40-3)15-24(23)33(37)38/h5-15,25H,4,16-17H2,1-3H3,(H,31,34). The average molecular weight is 593 g/mol. The van der Waals surface area contributed by atoms with Crippen LogP contribution in [0, 0.1) is 10.1 Å². The number of rotatable bonds is 11. The van der Waals surface area contributed by atoms with Crippen molar-refractivity contribution in [2.24, 2.45) is 4.99 Å². The van der Waals surface area contributed by atoms with E-state index >= 15 is 0 Å². The number of esters is 1. The van der Waals surface area contributed by atoms with Gasteiger partial charge >= 0.3 is 5.97 Å². The summed E-state index contributed by atoms with van der Waals surface area (Å²) in [5.41, 5.74) is 1.34. The fraction of sp³-hybridized carbons (Fsp3) is 0.241. The van der Waals surface area contributed by atoms with Crippen LogP contribution in [0.25, 0.3) is 0 Å². The molecule has 3 aromatic rings. The molecule has 13 heteroatoms. The minimum Gasteiger partial charge on any atom is -0.497 e. The second kappa shape index (κ2) is 13.6. The highest BCUT2D eigenvalue weighted by Crippen LogP contribution is 2.34. The zero-order valence-electron chi connectivity index (χ0n) is 23.1. The van der Waals surface area contributed by atoms with Crippen molar-refractivity contribution in [3.63, 3.8) is 0 Å². The van der Waals surface area contributed by atoms with Gasteiger partial charge in [0.05, 0.1) is 49.6 Å². The predicted octanol–water partition coefficient (Wildman–Crippen LogP) is 4.95. The van der Waals surface area contributed by atoms with Gasteiger partial charge in [-0.3, -0.25) is 24.6 Å². The van der Waals surface area contributed by atoms with E-state index in [-0.39, 0.29) is 42.6 Å². The van der Waals surface area contributed by atoms with E-state index in [1.54, 1.807) is 50.4 Å². The highest BCUT2D eigenvalue weighted by atomic mass is 32.2. The molecular formula is C29H28N4O8S. The topological polar surface area (TPSA) is 150 Å². The highest BCUT2D eigenvalue weighted by Gasteiger charge is 2.39. The molecule has 2 amide bonds. The number of nitro benzene ring substituents is 1. The van der Waals surface area contributed by atoms with Crippen LogP contribution in [-0.2, 0) is 20.9 Å². The number of hydrogen-bond acceptors (Lipinski definition) is 10. The van der Waals surface area contributed by atoms with E-state index in [1.165, 1.54) is 30.2 Å². The van der Waals surface area contributed by atoms with E-state index in [9.17, 15) is 24.5 Å². The Morgan fingerprint density at radius 3 is 2.31 bits per heavy atom. The van der Waals surface area contributed by atoms with Crippen molar-refractivity contribution in [3.8, 4) is 11.5 Å². The molecule has 1 aliphatic rings. The minimum atomic E-state index is -0.821. The fourth-order valence-electron chi connectivity index (χ4n) is 4.05. The summed E-state index contributed by atoms with van der Waals surface area (Å²) < 4.78 is 15.3. The van der Waals surface area contributed by atoms with Gasteiger partial charge in [0, 0.05) is 6.42 Å². The van der Waals surface area contributed by atoms with Crippen molar-refractivity contribution in [1.82, 2.24) is 4.90 Å². The van der Waals surface area contributed by atoms with Crippen molar-refractivity contribution >= 4 is 51.8 Å². The second-order valence-electron chi connectivity index (χ2n) is 8.93. The average Bonchev–Trinajstić information content (AvgIpc) is 3.26. The van der Waals surface area contributed by atoms with Crippen LogP contribution in [0.2, 0.25) is 0 Å². The van der Waals surface area contributed by atoms with Crippen molar-refractivity contribution in [2.75, 3.05) is 26.1 Å². The molecule has 0 aromatic heterocycles. The Hall–Kier alpha value is -4.91. The molecular weight excluding hydrogens is 564 g/mol. The van der Waals surface area contributed by atoms with Crippen LogP contribution in [-0.4, -0.2) is 58.9 Å². The summed E-state index contributed by atoms with van der Waals surface area (Å²) in [6.07, 6.45) is -0.243. The van der Waals surface area contributed by atoms with Crippen molar-refractivity contribution < 1.29 is 33.5 Å². The molecule has 1 unspecified atom stereocenters. The number of hydrogen-bond donors (Lipinski definition) is 1. The summed E-state index contributed by atoms with van der Waals surface area (Å²) in [6.45, 7) is 2.17. The number of thioether (sulfide) groups is 1. The number of anilines is 1. The van der Waals surface area contributed by atoms with Gasteiger partial charge in [0.15, 0.2) is 5.17 Å². The Morgan fingerprint density at radius 1 is 1.02 bits per heavy atom. The lowest BCUT2D eigenvalue weighted by atomic mass is 10.2. The van der Waals surface area contributed by atoms with E-state index in [0.717, 1.165) is 17.3 Å². The highest BCUT2D eigenvalue weighted by molar-refractivity contribution is 8.15. The summed E-state index contributed by atoms with van der Waals surface area (Å²) in [4.78, 5) is 55.5. The Balaban J connectivity index is 1.56. The Bertz CT molecular complexity index is 1510. The first-order valence-corrected chi connectivity index (χ1v) is 13.7. The number of carbonyl (C=O) groups is 3. The molecule has 12 nitrogen and oxygen atoms in total. The number of methoxy groups -OCH3 is 2. The van der Waals surface area contributed by atoms with Crippen molar-refractivity contribution in [2.45, 2.75) is 25.1 Å². The van der Waals surface area contributed by atoms with Crippen LogP contribution in [0.5, 0.6) is 11.5 Å². The van der Waals surface area contributed by atoms with Crippen LogP contribution in [0.1, 0.15) is 29.3 Å². The summed E-state index contributed by atoms with van der Waals surface area (Å²) in [5.74, 6) is -0.424. The molecule has 1 aliphatic heterocycles. The maximum atomic E-state index is 13.5. The molecule has 0 radical (unpaired) electrons. The first kappa shape index (κ1) is 30.1. The number of benzene rings is 3. The van der Waals surface area contributed by atoms with E-state index in [2.05, 4.69) is 10.3 Å². The van der Waals surface area contributed by atoms with Gasteiger partial charge in [0.1, 0.15) is 22.4 Å². The maximum absolute atomic E-state index is 13.5. The van der Waals surface area contributed by atoms with Crippen LogP contribution in [0.3, 0.4) is 0 Å². The molecule has 4 rings (SSSR count). The van der Waals surface area contributed by atoms with Gasteiger partial charge < -0.3 is 19.5 Å². The monoisotopic (exact) mass is 592 g/mol. The molecule has 0 spiro atoms. The number of ether oxygens (including phenoxy) is 3. The number of nitro groups is 1. The summed E-state index contributed by atoms with van der Waals surface area (Å²) in [5, 5.41) is 13.6. The van der Waals surface area contributed by atoms with Crippen LogP contribution in [0.4, 0.5) is 17.1 Å². The molecule has 3 aromatic carbocycles. The Kier molecular flexibility index (Phi) is 9.76. The molecule has 0 bridgehead atoms. The van der Waals surface area contributed by atoms with Crippen molar-refractivity contribution in [1.29, 1.82) is 0 Å². The predicted molar refractivity (Wildman–Crippen MR) is 157 cm³/mol. The van der Waals surface area contributed by atoms with Gasteiger partial charge in [-0.1, -0.05) is 23.9 Å². The van der Waals surface area contributed by atoms with Crippen LogP contribution < -0.4 is 14.8 Å². The van der Waals surface area contributed by atoms with Gasteiger partial charge in [-0.15, -0.1) is 0 Å². The molecule has 218 valence electrons. The van der Waals surface area contributed by atoms with E-state index < -0.39 is 22.0 Å². The van der Waals surface area contributed by atoms with E-state index in [1.807, 2.05) is 12.1 Å². The molecule has 1 fully saturated rings. The molecule has 0 aliphatic carbocycles. The molecule has 1 N–H and O–H groups in total. The molecule has 42 heavy (non-hydrogen) atoms. The first-order chi connectivity index (χ1) is 20.2. The zero-order valence-corrected chi connectivity index (χ0v) is 23.9. The lowest BCUT2D eigenvalue weighted by Crippen LogP contribution is -2.33. The molecule has 1 heterocycles. The van der Waals surface area contributed by atoms with Gasteiger partial charge in [-0.05, 0) is 61.0 Å². The number of amides is 2. The summed E-state index contributed by atoms with van der Waals surface area (Å²) in [7, 11) is 2.94. The quantitative estimate of drug-likeness (QED) is 0.185. The third-order valence-electron chi connectivity index (χ3n) is 6.17. The fourth-order valence-corrected chi connectivity index (χ4v) is 5.20. The van der Waals surface area contributed by atoms with Gasteiger partial charge in [-0.25, -0.2) is 9.79 Å². The molecule has 0 saturated carbocycles. The minimum absolute atomic E-state index is 0.00749. The molecule has 1 saturated heterocycles. The lowest BCUT2D eigenvalue weighted by Gasteiger charge is -2.17. The van der Waals surface area contributed by atoms with Crippen molar-refractivity contribution in [3.05, 3.63) is 88.0 Å². The Labute approximate surface area is 245 Å². The third kappa shape index (κ3) is 7.23. The summed E-state index contributed by atoms with van der Waals surface area (Å²) in [6, 6.07) is 17.7. The smallest absolute Gasteiger partial charge is 0.338 e. The normalized spacial score (nSPS) is 15.4. The van der Waals surface area contributed by atoms with Gasteiger partial charge in [0.2, 0.25) is 11.8 Å². The maximum Gasteiger partial charge on any atom is 0.338 e. The zero-order chi connectivity index (χ0) is 30.2. The molecule has 1 atom stereocenters. The number of carbonyl (C=O) groups excluding carboxylic acids is 3. The lowest BCUT2D eigenvalue weighted by molar-refractivity contribution is -0.384. The first-order valence-electron chi connectivity index (χ1n) is 12.8. The van der Waals surface area contributed by atoms with Crippen LogP contribution >= 0.6 is 11.8 Å². The van der Waals surface area contributed by atoms with Gasteiger partial charge in [0.25, 0.3) is 5.69 Å². The number of amidine groups is 1. The number of aliphatic imine (C=N–C) groups is 1. The van der Waals surface area contributed by atoms with Crippen LogP contribution in [0.15, 0.2) is 71.7 Å². The van der Waals surface area contributed by atoms with E-state index in [4.69, 9.17) is 14.2 Å². The number of nitrogens with zero attached hydrogens (tertiary/aromatic N) is 3. The van der Waals surface area contributed by atoms with Gasteiger partial charge in [-0.2, -0.15) is 0 Å². The SMILES string of the molecule is CCOC(=O)c1ccc(N=C2SC(CC(=O)Nc3ccc(OC)cc3[N+](=O)[O-])C(=O)N2Cc2ccc(OC)cc2)cc1. The Morgan fingerprint density at radius 2 is 1.69 bits per heavy atom.